The number of anilines is 1. The Balaban J connectivity index is 2.04. The van der Waals surface area contributed by atoms with Gasteiger partial charge in [0.2, 0.25) is 5.91 Å². The van der Waals surface area contributed by atoms with Gasteiger partial charge in [0.15, 0.2) is 5.13 Å². The van der Waals surface area contributed by atoms with Gasteiger partial charge in [0, 0.05) is 23.6 Å². The van der Waals surface area contributed by atoms with Crippen LogP contribution in [-0.4, -0.2) is 44.1 Å². The Bertz CT molecular complexity index is 726. The van der Waals surface area contributed by atoms with Crippen LogP contribution in [0.15, 0.2) is 29.7 Å². The second-order valence-corrected chi connectivity index (χ2v) is 6.17. The number of nitrogens with one attached hydrogen (secondary N) is 1. The molecule has 128 valence electrons. The number of ether oxygens (including phenoxy) is 2. The Labute approximate surface area is 145 Å². The van der Waals surface area contributed by atoms with Crippen LogP contribution in [0, 0.1) is 0 Å². The summed E-state index contributed by atoms with van der Waals surface area (Å²) in [6.45, 7) is 0.739. The van der Waals surface area contributed by atoms with E-state index in [0.717, 1.165) is 17.8 Å². The monoisotopic (exact) mass is 347 g/mol. The second-order valence-electron chi connectivity index (χ2n) is 5.31. The van der Waals surface area contributed by atoms with Gasteiger partial charge in [0.1, 0.15) is 11.5 Å². The fourth-order valence-corrected chi connectivity index (χ4v) is 2.75. The van der Waals surface area contributed by atoms with Crippen molar-refractivity contribution in [3.05, 3.63) is 40.9 Å². The third-order valence-electron chi connectivity index (χ3n) is 3.11. The van der Waals surface area contributed by atoms with Gasteiger partial charge in [0.05, 0.1) is 19.9 Å². The number of benzene rings is 1. The summed E-state index contributed by atoms with van der Waals surface area (Å²) < 4.78 is 10.5. The third-order valence-corrected chi connectivity index (χ3v) is 3.92. The normalized spacial score (nSPS) is 11.0. The molecule has 1 aromatic carbocycles. The average molecular weight is 347 g/mol. The van der Waals surface area contributed by atoms with E-state index in [2.05, 4.69) is 10.3 Å². The highest BCUT2D eigenvalue weighted by atomic mass is 32.1. The van der Waals surface area contributed by atoms with Crippen LogP contribution >= 0.6 is 11.3 Å². The van der Waals surface area contributed by atoms with Crippen molar-refractivity contribution in [2.75, 3.05) is 33.6 Å². The van der Waals surface area contributed by atoms with Crippen LogP contribution in [0.5, 0.6) is 11.5 Å². The van der Waals surface area contributed by atoms with E-state index in [4.69, 9.17) is 9.47 Å². The lowest BCUT2D eigenvalue weighted by atomic mass is 10.1. The number of rotatable bonds is 7. The zero-order valence-electron chi connectivity index (χ0n) is 14.2. The molecule has 0 fully saturated rings. The van der Waals surface area contributed by atoms with E-state index in [1.165, 1.54) is 17.4 Å². The van der Waals surface area contributed by atoms with Crippen molar-refractivity contribution in [3.63, 3.8) is 0 Å². The lowest BCUT2D eigenvalue weighted by molar-refractivity contribution is -0.111. The first-order valence-corrected chi connectivity index (χ1v) is 8.20. The van der Waals surface area contributed by atoms with Crippen molar-refractivity contribution < 1.29 is 14.3 Å². The molecule has 0 unspecified atom stereocenters. The standard InChI is InChI=1S/C17H21N3O3S/c1-20(2)10-13-11-24-17(18-13)19-16(21)8-5-12-9-14(22-3)6-7-15(12)23-4/h5-9,11H,10H2,1-4H3,(H,18,19,21)/b8-5+. The van der Waals surface area contributed by atoms with E-state index in [9.17, 15) is 4.79 Å². The van der Waals surface area contributed by atoms with Crippen molar-refractivity contribution in [2.24, 2.45) is 0 Å². The zero-order chi connectivity index (χ0) is 17.5. The van der Waals surface area contributed by atoms with E-state index < -0.39 is 0 Å². The average Bonchev–Trinajstić information content (AvgIpc) is 2.98. The van der Waals surface area contributed by atoms with Crippen molar-refractivity contribution in [1.82, 2.24) is 9.88 Å². The minimum absolute atomic E-state index is 0.245. The Hall–Kier alpha value is -2.38. The molecule has 0 radical (unpaired) electrons. The summed E-state index contributed by atoms with van der Waals surface area (Å²) >= 11 is 1.41. The minimum Gasteiger partial charge on any atom is -0.497 e. The van der Waals surface area contributed by atoms with Crippen LogP contribution in [-0.2, 0) is 11.3 Å². The molecule has 24 heavy (non-hydrogen) atoms. The van der Waals surface area contributed by atoms with Crippen LogP contribution in [0.1, 0.15) is 11.3 Å². The molecule has 1 heterocycles. The lowest BCUT2D eigenvalue weighted by Crippen LogP contribution is -2.11. The van der Waals surface area contributed by atoms with Gasteiger partial charge < -0.3 is 14.4 Å². The molecule has 0 saturated heterocycles. The number of methoxy groups -OCH3 is 2. The molecule has 1 aromatic heterocycles. The highest BCUT2D eigenvalue weighted by Gasteiger charge is 2.06. The van der Waals surface area contributed by atoms with Crippen LogP contribution in [0.25, 0.3) is 6.08 Å². The molecule has 2 rings (SSSR count). The van der Waals surface area contributed by atoms with Crippen LogP contribution in [0.4, 0.5) is 5.13 Å². The predicted octanol–water partition coefficient (Wildman–Crippen LogP) is 2.87. The first kappa shape index (κ1) is 18.0. The van der Waals surface area contributed by atoms with Crippen LogP contribution in [0.3, 0.4) is 0 Å². The summed E-state index contributed by atoms with van der Waals surface area (Å²) in [4.78, 5) is 18.5. The maximum atomic E-state index is 12.1. The summed E-state index contributed by atoms with van der Waals surface area (Å²) in [5.41, 5.74) is 1.69. The summed E-state index contributed by atoms with van der Waals surface area (Å²) in [5.74, 6) is 1.12. The van der Waals surface area contributed by atoms with Crippen molar-refractivity contribution >= 4 is 28.5 Å². The van der Waals surface area contributed by atoms with Gasteiger partial charge in [-0.05, 0) is 38.4 Å². The van der Waals surface area contributed by atoms with E-state index in [1.807, 2.05) is 24.4 Å². The molecule has 0 aliphatic heterocycles. The van der Waals surface area contributed by atoms with Gasteiger partial charge >= 0.3 is 0 Å². The molecular weight excluding hydrogens is 326 g/mol. The summed E-state index contributed by atoms with van der Waals surface area (Å²) in [7, 11) is 7.13. The Morgan fingerprint density at radius 1 is 1.33 bits per heavy atom. The van der Waals surface area contributed by atoms with Gasteiger partial charge in [-0.15, -0.1) is 11.3 Å². The topological polar surface area (TPSA) is 63.7 Å². The van der Waals surface area contributed by atoms with E-state index >= 15 is 0 Å². The summed E-state index contributed by atoms with van der Waals surface area (Å²) in [6.07, 6.45) is 3.13. The maximum Gasteiger partial charge on any atom is 0.250 e. The van der Waals surface area contributed by atoms with Crippen molar-refractivity contribution in [2.45, 2.75) is 6.54 Å². The van der Waals surface area contributed by atoms with E-state index in [0.29, 0.717) is 16.6 Å². The fourth-order valence-electron chi connectivity index (χ4n) is 2.04. The Morgan fingerprint density at radius 3 is 2.79 bits per heavy atom. The molecule has 1 N–H and O–H groups in total. The molecule has 0 bridgehead atoms. The lowest BCUT2D eigenvalue weighted by Gasteiger charge is -2.07. The SMILES string of the molecule is COc1ccc(OC)c(/C=C/C(=O)Nc2nc(CN(C)C)cs2)c1. The molecule has 0 aliphatic carbocycles. The molecule has 6 nitrogen and oxygen atoms in total. The highest BCUT2D eigenvalue weighted by molar-refractivity contribution is 7.13. The van der Waals surface area contributed by atoms with Crippen molar-refractivity contribution in [3.8, 4) is 11.5 Å². The van der Waals surface area contributed by atoms with Crippen molar-refractivity contribution in [1.29, 1.82) is 0 Å². The fraction of sp³-hybridized carbons (Fsp3) is 0.294. The first-order chi connectivity index (χ1) is 11.5. The Morgan fingerprint density at radius 2 is 2.12 bits per heavy atom. The predicted molar refractivity (Wildman–Crippen MR) is 96.7 cm³/mol. The summed E-state index contributed by atoms with van der Waals surface area (Å²) in [6, 6.07) is 5.41. The minimum atomic E-state index is -0.245. The number of hydrogen-bond acceptors (Lipinski definition) is 6. The molecule has 7 heteroatoms. The number of aromatic nitrogens is 1. The number of carbonyl (C=O) groups is 1. The molecule has 0 spiro atoms. The van der Waals surface area contributed by atoms with Gasteiger partial charge in [-0.1, -0.05) is 0 Å². The van der Waals surface area contributed by atoms with Crippen LogP contribution in [0.2, 0.25) is 0 Å². The van der Waals surface area contributed by atoms with Gasteiger partial charge in [-0.2, -0.15) is 0 Å². The number of thiazole rings is 1. The number of hydrogen-bond donors (Lipinski definition) is 1. The summed E-state index contributed by atoms with van der Waals surface area (Å²) in [5, 5.41) is 5.28. The van der Waals surface area contributed by atoms with E-state index in [-0.39, 0.29) is 5.91 Å². The first-order valence-electron chi connectivity index (χ1n) is 7.32. The van der Waals surface area contributed by atoms with Gasteiger partial charge in [-0.25, -0.2) is 4.98 Å². The molecule has 2 aromatic rings. The molecular formula is C17H21N3O3S. The van der Waals surface area contributed by atoms with Gasteiger partial charge in [-0.3, -0.25) is 10.1 Å². The zero-order valence-corrected chi connectivity index (χ0v) is 15.0. The van der Waals surface area contributed by atoms with E-state index in [1.54, 1.807) is 38.5 Å². The quantitative estimate of drug-likeness (QED) is 0.780. The molecule has 1 amide bonds. The third kappa shape index (κ3) is 5.07. The molecule has 0 saturated carbocycles. The maximum absolute atomic E-state index is 12.1. The van der Waals surface area contributed by atoms with Crippen LogP contribution < -0.4 is 14.8 Å². The number of amides is 1. The van der Waals surface area contributed by atoms with Gasteiger partial charge in [0.25, 0.3) is 0 Å². The molecule has 0 aliphatic rings. The Kier molecular flexibility index (Phi) is 6.34. The smallest absolute Gasteiger partial charge is 0.250 e. The molecule has 0 atom stereocenters. The second kappa shape index (κ2) is 8.47. The number of carbonyl (C=O) groups excluding carboxylic acids is 1. The number of nitrogens with zero attached hydrogens (tertiary/aromatic N) is 2. The highest BCUT2D eigenvalue weighted by Crippen LogP contribution is 2.25. The largest absolute Gasteiger partial charge is 0.497 e.